The topological polar surface area (TPSA) is 69.2 Å². The zero-order valence-electron chi connectivity index (χ0n) is 17.2. The van der Waals surface area contributed by atoms with E-state index in [1.54, 1.807) is 0 Å². The Labute approximate surface area is 186 Å². The van der Waals surface area contributed by atoms with Crippen LogP contribution < -0.4 is 5.43 Å². The molecule has 0 bridgehead atoms. The summed E-state index contributed by atoms with van der Waals surface area (Å²) in [6, 6.07) is 17.4. The normalized spacial score (nSPS) is 21.7. The number of rotatable bonds is 10. The second-order valence-corrected chi connectivity index (χ2v) is 9.79. The van der Waals surface area contributed by atoms with Gasteiger partial charge in [-0.25, -0.2) is 4.79 Å². The maximum atomic E-state index is 13.0. The number of hydrogen-bond donors (Lipinski definition) is 1. The zero-order chi connectivity index (χ0) is 21.6. The molecule has 0 saturated carbocycles. The van der Waals surface area contributed by atoms with Gasteiger partial charge in [-0.3, -0.25) is 4.79 Å². The highest BCUT2D eigenvalue weighted by Crippen LogP contribution is 2.34. The van der Waals surface area contributed by atoms with Gasteiger partial charge in [0.2, 0.25) is 0 Å². The van der Waals surface area contributed by atoms with E-state index in [1.807, 2.05) is 54.6 Å². The summed E-state index contributed by atoms with van der Waals surface area (Å²) in [6.45, 7) is 1.88. The minimum absolute atomic E-state index is 0.0608. The Balaban J connectivity index is 1.57. The summed E-state index contributed by atoms with van der Waals surface area (Å²) in [5, 5.41) is 0.337. The molecule has 3 atom stereocenters. The Morgan fingerprint density at radius 1 is 1.10 bits per heavy atom. The lowest BCUT2D eigenvalue weighted by Crippen LogP contribution is -2.78. The van der Waals surface area contributed by atoms with Crippen molar-refractivity contribution >= 4 is 34.6 Å². The average Bonchev–Trinajstić information content (AvgIpc) is 2.72. The molecule has 1 heterocycles. The quantitative estimate of drug-likeness (QED) is 0.258. The Bertz CT molecular complexity index is 863. The maximum Gasteiger partial charge on any atom is 0.353 e. The van der Waals surface area contributed by atoms with Crippen LogP contribution in [0.5, 0.6) is 0 Å². The Kier molecular flexibility index (Phi) is 7.94. The molecule has 3 rings (SSSR count). The van der Waals surface area contributed by atoms with Gasteiger partial charge in [0, 0.05) is 28.7 Å². The molecule has 0 spiro atoms. The van der Waals surface area contributed by atoms with Crippen LogP contribution in [0.4, 0.5) is 0 Å². The molecule has 1 aliphatic heterocycles. The predicted octanol–water partition coefficient (Wildman–Crippen LogP) is 4.13. The lowest BCUT2D eigenvalue weighted by molar-refractivity contribution is -0.925. The van der Waals surface area contributed by atoms with Crippen LogP contribution in [0.3, 0.4) is 0 Å². The molecule has 5 nitrogen and oxygen atoms in total. The predicted molar refractivity (Wildman–Crippen MR) is 120 cm³/mol. The van der Waals surface area contributed by atoms with Crippen molar-refractivity contribution in [2.45, 2.75) is 50.2 Å². The number of halogens is 1. The van der Waals surface area contributed by atoms with E-state index in [4.69, 9.17) is 11.6 Å². The van der Waals surface area contributed by atoms with Gasteiger partial charge in [0.05, 0.1) is 0 Å². The molecular weight excluding hydrogens is 420 g/mol. The first-order valence-corrected chi connectivity index (χ1v) is 12.0. The number of quaternary nitrogens is 1. The van der Waals surface area contributed by atoms with Crippen molar-refractivity contribution in [1.29, 1.82) is 0 Å². The minimum atomic E-state index is -1.25. The molecule has 0 aromatic heterocycles. The fourth-order valence-electron chi connectivity index (χ4n) is 3.90. The number of carbonyl (C=O) groups excluding carboxylic acids is 2. The van der Waals surface area contributed by atoms with Gasteiger partial charge in [-0.1, -0.05) is 54.1 Å². The summed E-state index contributed by atoms with van der Waals surface area (Å²) in [6.07, 6.45) is 3.86. The van der Waals surface area contributed by atoms with Gasteiger partial charge >= 0.3 is 5.91 Å². The van der Waals surface area contributed by atoms with E-state index in [2.05, 4.69) is 5.43 Å². The minimum Gasteiger partial charge on any atom is -0.611 e. The van der Waals surface area contributed by atoms with E-state index in [1.165, 1.54) is 12.5 Å². The Hall–Kier alpha value is -1.86. The van der Waals surface area contributed by atoms with Crippen LogP contribution >= 0.6 is 11.6 Å². The van der Waals surface area contributed by atoms with Gasteiger partial charge in [-0.15, -0.1) is 4.59 Å². The van der Waals surface area contributed by atoms with E-state index < -0.39 is 16.5 Å². The molecule has 1 saturated heterocycles. The molecule has 1 N–H and O–H groups in total. The summed E-state index contributed by atoms with van der Waals surface area (Å²) in [7, 11) is 0. The second-order valence-electron chi connectivity index (χ2n) is 7.76. The molecule has 1 aliphatic rings. The third-order valence-electron chi connectivity index (χ3n) is 5.49. The Morgan fingerprint density at radius 3 is 2.43 bits per heavy atom. The molecule has 160 valence electrons. The molecule has 1 fully saturated rings. The molecule has 7 heteroatoms. The van der Waals surface area contributed by atoms with Crippen LogP contribution in [0.25, 0.3) is 0 Å². The van der Waals surface area contributed by atoms with Crippen LogP contribution in [-0.2, 0) is 32.9 Å². The van der Waals surface area contributed by atoms with Crippen molar-refractivity contribution in [3.05, 3.63) is 70.7 Å². The number of carbonyl (C=O) groups is 2. The highest BCUT2D eigenvalue weighted by atomic mass is 35.5. The van der Waals surface area contributed by atoms with Crippen LogP contribution in [0.1, 0.15) is 43.7 Å². The zero-order valence-corrected chi connectivity index (χ0v) is 18.8. The number of nitrogens with zero attached hydrogens (tertiary/aromatic N) is 1. The third-order valence-corrected chi connectivity index (χ3v) is 7.49. The van der Waals surface area contributed by atoms with Crippen molar-refractivity contribution in [1.82, 2.24) is 5.43 Å². The fraction of sp³-hybridized carbons (Fsp3) is 0.391. The highest BCUT2D eigenvalue weighted by Gasteiger charge is 2.63. The molecular formula is C23H28ClN2O3S+. The summed E-state index contributed by atoms with van der Waals surface area (Å²) >= 11 is 4.67. The largest absolute Gasteiger partial charge is 0.611 e. The number of nitrogens with one attached hydrogen (secondary N) is 1. The van der Waals surface area contributed by atoms with E-state index in [0.717, 1.165) is 36.3 Å². The van der Waals surface area contributed by atoms with Gasteiger partial charge in [0.15, 0.2) is 6.42 Å². The summed E-state index contributed by atoms with van der Waals surface area (Å²) in [4.78, 5) is 24.4. The number of benzene rings is 2. The van der Waals surface area contributed by atoms with Gasteiger partial charge < -0.3 is 4.55 Å². The van der Waals surface area contributed by atoms with Crippen LogP contribution in [0, 0.1) is 0 Å². The lowest BCUT2D eigenvalue weighted by Gasteiger charge is -2.46. The third kappa shape index (κ3) is 5.64. The van der Waals surface area contributed by atoms with Crippen LogP contribution in [-0.4, -0.2) is 32.9 Å². The van der Waals surface area contributed by atoms with Crippen LogP contribution in [0.15, 0.2) is 54.6 Å². The first-order valence-electron chi connectivity index (χ1n) is 10.3. The van der Waals surface area contributed by atoms with Gasteiger partial charge in [0.25, 0.3) is 11.3 Å². The maximum absolute atomic E-state index is 13.0. The lowest BCUT2D eigenvalue weighted by atomic mass is 10.1. The van der Waals surface area contributed by atoms with Gasteiger partial charge in [-0.2, -0.15) is 5.43 Å². The van der Waals surface area contributed by atoms with Crippen molar-refractivity contribution in [2.24, 2.45) is 0 Å². The monoisotopic (exact) mass is 447 g/mol. The molecule has 2 amide bonds. The SMILES string of the molecule is CC(=O)N[N+]1(CCCCCc2ccc(Cl)cc2)C(=O)CC1[S+]([O-])Cc1ccccc1. The number of aryl methyl sites for hydroxylation is 1. The van der Waals surface area contributed by atoms with Crippen molar-refractivity contribution in [3.63, 3.8) is 0 Å². The molecule has 2 aromatic carbocycles. The van der Waals surface area contributed by atoms with E-state index in [-0.39, 0.29) is 22.8 Å². The number of hydrogen-bond acceptors (Lipinski definition) is 3. The standard InChI is InChI=1S/C23H27ClN2O3S/c1-18(27)25-26(15-7-3-6-8-19-11-13-21(24)14-12-19)22(28)16-23(26)30(29)17-20-9-4-2-5-10-20/h2,4-5,9-14,23H,3,6-8,15-17H2,1H3/p+1. The first-order chi connectivity index (χ1) is 14.4. The highest BCUT2D eigenvalue weighted by molar-refractivity contribution is 7.91. The number of β-lactam (4-membered cyclic amide) rings is 1. The van der Waals surface area contributed by atoms with Crippen molar-refractivity contribution in [2.75, 3.05) is 6.54 Å². The molecule has 2 aromatic rings. The molecule has 30 heavy (non-hydrogen) atoms. The van der Waals surface area contributed by atoms with E-state index >= 15 is 0 Å². The smallest absolute Gasteiger partial charge is 0.353 e. The molecule has 0 aliphatic carbocycles. The molecule has 3 unspecified atom stereocenters. The van der Waals surface area contributed by atoms with E-state index in [9.17, 15) is 14.1 Å². The number of likely N-dealkylation sites (tertiary alicyclic amines) is 1. The fourth-order valence-corrected chi connectivity index (χ4v) is 5.75. The summed E-state index contributed by atoms with van der Waals surface area (Å²) < 4.78 is 12.8. The van der Waals surface area contributed by atoms with Gasteiger partial charge in [0.1, 0.15) is 12.3 Å². The van der Waals surface area contributed by atoms with E-state index in [0.29, 0.717) is 12.3 Å². The Morgan fingerprint density at radius 2 is 1.80 bits per heavy atom. The summed E-state index contributed by atoms with van der Waals surface area (Å²) in [5.41, 5.74) is 5.02. The molecule has 0 radical (unpaired) electrons. The number of unbranched alkanes of at least 4 members (excludes halogenated alkanes) is 2. The second kappa shape index (κ2) is 10.4. The van der Waals surface area contributed by atoms with Crippen LogP contribution in [0.2, 0.25) is 5.02 Å². The number of amides is 2. The van der Waals surface area contributed by atoms with Gasteiger partial charge in [-0.05, 0) is 43.4 Å². The average molecular weight is 448 g/mol. The summed E-state index contributed by atoms with van der Waals surface area (Å²) in [5.74, 6) is 0.0508. The first kappa shape index (κ1) is 22.8. The van der Waals surface area contributed by atoms with Crippen molar-refractivity contribution in [3.8, 4) is 0 Å². The van der Waals surface area contributed by atoms with Crippen molar-refractivity contribution < 1.29 is 18.7 Å².